The van der Waals surface area contributed by atoms with Crippen LogP contribution in [-0.2, 0) is 7.05 Å². The van der Waals surface area contributed by atoms with E-state index in [9.17, 15) is 0 Å². The Balaban J connectivity index is 2.23. The summed E-state index contributed by atoms with van der Waals surface area (Å²) < 4.78 is 3.88. The maximum atomic E-state index is 4.37. The smallest absolute Gasteiger partial charge is 0.235 e. The van der Waals surface area contributed by atoms with Crippen molar-refractivity contribution in [2.45, 2.75) is 6.92 Å². The van der Waals surface area contributed by atoms with E-state index in [1.165, 1.54) is 0 Å². The summed E-state index contributed by atoms with van der Waals surface area (Å²) in [5, 5.41) is 4.37. The molecule has 3 nitrogen and oxygen atoms in total. The minimum absolute atomic E-state index is 1.10. The highest BCUT2D eigenvalue weighted by Gasteiger charge is 2.05. The fraction of sp³-hybridized carbons (Fsp3) is 0.167. The third-order valence-corrected chi connectivity index (χ3v) is 2.40. The van der Waals surface area contributed by atoms with Crippen LogP contribution in [0.15, 0.2) is 47.8 Å². The van der Waals surface area contributed by atoms with E-state index in [0.717, 1.165) is 11.4 Å². The molecular formula is C12H14N3+. The summed E-state index contributed by atoms with van der Waals surface area (Å²) >= 11 is 0. The van der Waals surface area contributed by atoms with E-state index in [-0.39, 0.29) is 0 Å². The summed E-state index contributed by atoms with van der Waals surface area (Å²) in [6.45, 7) is 2.03. The number of aryl methyl sites for hydroxylation is 1. The molecular weight excluding hydrogens is 186 g/mol. The van der Waals surface area contributed by atoms with Crippen LogP contribution in [0.1, 0.15) is 11.4 Å². The van der Waals surface area contributed by atoms with Crippen LogP contribution in [0.5, 0.6) is 0 Å². The van der Waals surface area contributed by atoms with Crippen molar-refractivity contribution in [3.8, 4) is 0 Å². The van der Waals surface area contributed by atoms with Crippen molar-refractivity contribution in [3.63, 3.8) is 0 Å². The van der Waals surface area contributed by atoms with Crippen molar-refractivity contribution in [2.24, 2.45) is 12.1 Å². The fourth-order valence-corrected chi connectivity index (χ4v) is 1.33. The van der Waals surface area contributed by atoms with Gasteiger partial charge in [-0.2, -0.15) is 0 Å². The summed E-state index contributed by atoms with van der Waals surface area (Å²) in [6, 6.07) is 10.1. The van der Waals surface area contributed by atoms with Crippen LogP contribution in [0.2, 0.25) is 0 Å². The molecule has 0 fully saturated rings. The first kappa shape index (κ1) is 9.65. The van der Waals surface area contributed by atoms with Gasteiger partial charge in [0.2, 0.25) is 0 Å². The van der Waals surface area contributed by atoms with Crippen LogP contribution in [0.25, 0.3) is 0 Å². The van der Waals surface area contributed by atoms with Gasteiger partial charge in [-0.15, -0.1) is 4.68 Å². The molecule has 0 saturated heterocycles. The number of hydrogen-bond acceptors (Lipinski definition) is 1. The zero-order chi connectivity index (χ0) is 10.7. The maximum Gasteiger partial charge on any atom is 0.278 e. The Hall–Kier alpha value is -1.90. The zero-order valence-electron chi connectivity index (χ0n) is 8.96. The molecule has 0 saturated carbocycles. The second-order valence-electron chi connectivity index (χ2n) is 3.46. The molecule has 0 amide bonds. The number of rotatable bonds is 2. The molecule has 0 N–H and O–H groups in total. The molecule has 0 aliphatic carbocycles. The monoisotopic (exact) mass is 200 g/mol. The molecule has 2 rings (SSSR count). The fourth-order valence-electron chi connectivity index (χ4n) is 1.33. The van der Waals surface area contributed by atoms with Gasteiger partial charge in [0, 0.05) is 6.92 Å². The van der Waals surface area contributed by atoms with Crippen molar-refractivity contribution in [2.75, 3.05) is 0 Å². The third-order valence-electron chi connectivity index (χ3n) is 2.40. The van der Waals surface area contributed by atoms with Gasteiger partial charge >= 0.3 is 0 Å². The van der Waals surface area contributed by atoms with Gasteiger partial charge in [0.05, 0.1) is 13.3 Å². The lowest BCUT2D eigenvalue weighted by Gasteiger charge is -1.90. The third kappa shape index (κ3) is 2.13. The number of benzene rings is 1. The average Bonchev–Trinajstić information content (AvgIpc) is 2.59. The molecule has 0 radical (unpaired) electrons. The summed E-state index contributed by atoms with van der Waals surface area (Å²) in [5.74, 6) is 1.10. The first-order valence-corrected chi connectivity index (χ1v) is 4.90. The van der Waals surface area contributed by atoms with Gasteiger partial charge in [-0.25, -0.2) is 4.57 Å². The molecule has 1 aromatic heterocycles. The first-order valence-electron chi connectivity index (χ1n) is 4.90. The number of hydrogen-bond donors (Lipinski definition) is 0. The molecule has 1 aromatic carbocycles. The summed E-state index contributed by atoms with van der Waals surface area (Å²) in [6.07, 6.45) is 5.78. The Kier molecular flexibility index (Phi) is 2.63. The van der Waals surface area contributed by atoms with E-state index in [1.807, 2.05) is 72.2 Å². The van der Waals surface area contributed by atoms with Gasteiger partial charge in [-0.3, -0.25) is 0 Å². The normalized spacial score (nSPS) is 11.1. The Morgan fingerprint density at radius 1 is 1.27 bits per heavy atom. The SMILES string of the molecule is Cc1n(/N=C/c2ccccc2)cc[n+]1C. The van der Waals surface area contributed by atoms with E-state index >= 15 is 0 Å². The Morgan fingerprint density at radius 2 is 2.00 bits per heavy atom. The van der Waals surface area contributed by atoms with Crippen LogP contribution in [0, 0.1) is 6.92 Å². The Bertz CT molecular complexity index is 469. The lowest BCUT2D eigenvalue weighted by molar-refractivity contribution is -0.677. The maximum absolute atomic E-state index is 4.37. The van der Waals surface area contributed by atoms with E-state index in [2.05, 4.69) is 5.10 Å². The van der Waals surface area contributed by atoms with Gasteiger partial charge < -0.3 is 0 Å². The quantitative estimate of drug-likeness (QED) is 0.517. The highest BCUT2D eigenvalue weighted by Crippen LogP contribution is 1.96. The van der Waals surface area contributed by atoms with Gasteiger partial charge in [0.15, 0.2) is 6.20 Å². The van der Waals surface area contributed by atoms with Crippen LogP contribution < -0.4 is 4.57 Å². The zero-order valence-corrected chi connectivity index (χ0v) is 8.96. The molecule has 0 unspecified atom stereocenters. The van der Waals surface area contributed by atoms with Crippen LogP contribution in [0.3, 0.4) is 0 Å². The molecule has 76 valence electrons. The van der Waals surface area contributed by atoms with E-state index in [0.29, 0.717) is 0 Å². The van der Waals surface area contributed by atoms with E-state index in [1.54, 1.807) is 0 Å². The topological polar surface area (TPSA) is 21.2 Å². The molecule has 1 heterocycles. The van der Waals surface area contributed by atoms with Gasteiger partial charge in [0.1, 0.15) is 6.20 Å². The van der Waals surface area contributed by atoms with Crippen LogP contribution in [0.4, 0.5) is 0 Å². The predicted octanol–water partition coefficient (Wildman–Crippen LogP) is 1.50. The molecule has 3 heteroatoms. The van der Waals surface area contributed by atoms with Crippen molar-refractivity contribution in [1.82, 2.24) is 4.68 Å². The second kappa shape index (κ2) is 4.09. The predicted molar refractivity (Wildman–Crippen MR) is 59.8 cm³/mol. The van der Waals surface area contributed by atoms with Crippen molar-refractivity contribution in [1.29, 1.82) is 0 Å². The molecule has 15 heavy (non-hydrogen) atoms. The lowest BCUT2D eigenvalue weighted by atomic mass is 10.2. The molecule has 0 atom stereocenters. The summed E-state index contributed by atoms with van der Waals surface area (Å²) in [7, 11) is 2.00. The molecule has 0 aliphatic heterocycles. The van der Waals surface area contributed by atoms with Gasteiger partial charge in [0.25, 0.3) is 5.82 Å². The highest BCUT2D eigenvalue weighted by molar-refractivity contribution is 5.79. The minimum atomic E-state index is 1.10. The standard InChI is InChI=1S/C12H14N3/c1-11-14(2)8-9-15(11)13-10-12-6-4-3-5-7-12/h3-10H,1-2H3/q+1/b13-10+. The van der Waals surface area contributed by atoms with E-state index < -0.39 is 0 Å². The van der Waals surface area contributed by atoms with Gasteiger partial charge in [-0.05, 0) is 5.56 Å². The lowest BCUT2D eigenvalue weighted by Crippen LogP contribution is -2.29. The average molecular weight is 200 g/mol. The van der Waals surface area contributed by atoms with E-state index in [4.69, 9.17) is 0 Å². The van der Waals surface area contributed by atoms with Crippen molar-refractivity contribution < 1.29 is 4.57 Å². The van der Waals surface area contributed by atoms with Crippen molar-refractivity contribution >= 4 is 6.21 Å². The van der Waals surface area contributed by atoms with Gasteiger partial charge in [-0.1, -0.05) is 35.4 Å². The second-order valence-corrected chi connectivity index (χ2v) is 3.46. The number of imidazole rings is 1. The number of aromatic nitrogens is 2. The molecule has 0 bridgehead atoms. The minimum Gasteiger partial charge on any atom is -0.235 e. The summed E-state index contributed by atoms with van der Waals surface area (Å²) in [4.78, 5) is 0. The molecule has 0 spiro atoms. The Labute approximate surface area is 89.3 Å². The largest absolute Gasteiger partial charge is 0.278 e. The van der Waals surface area contributed by atoms with Crippen molar-refractivity contribution in [3.05, 3.63) is 54.1 Å². The first-order chi connectivity index (χ1) is 7.27. The van der Waals surface area contributed by atoms with Crippen LogP contribution in [-0.4, -0.2) is 10.9 Å². The Morgan fingerprint density at radius 3 is 2.60 bits per heavy atom. The summed E-state index contributed by atoms with van der Waals surface area (Å²) in [5.41, 5.74) is 1.10. The number of nitrogens with zero attached hydrogens (tertiary/aromatic N) is 3. The van der Waals surface area contributed by atoms with Crippen LogP contribution >= 0.6 is 0 Å². The highest BCUT2D eigenvalue weighted by atomic mass is 15.4. The molecule has 0 aliphatic rings. The molecule has 2 aromatic rings.